The number of carbonyl (C=O) groups excluding carboxylic acids is 2. The number of likely N-dealkylation sites (N-methyl/N-ethyl adjacent to an activating group) is 1. The van der Waals surface area contributed by atoms with Gasteiger partial charge < -0.3 is 10.1 Å². The Bertz CT molecular complexity index is 642. The topological polar surface area (TPSA) is 68.3 Å². The molecule has 1 unspecified atom stereocenters. The van der Waals surface area contributed by atoms with E-state index in [4.69, 9.17) is 4.74 Å². The van der Waals surface area contributed by atoms with Gasteiger partial charge in [0, 0.05) is 22.6 Å². The molecule has 0 saturated heterocycles. The monoisotopic (exact) mass is 350 g/mol. The molecule has 2 rings (SSSR count). The molecular formula is C16H18N2O3S2. The van der Waals surface area contributed by atoms with Crippen LogP contribution in [0.4, 0.5) is 0 Å². The summed E-state index contributed by atoms with van der Waals surface area (Å²) in [5.41, 5.74) is 3.28. The highest BCUT2D eigenvalue weighted by Gasteiger charge is 2.18. The number of hydrogen-bond acceptors (Lipinski definition) is 6. The second-order valence-electron chi connectivity index (χ2n) is 4.73. The first-order valence-electron chi connectivity index (χ1n) is 7.18. The first-order chi connectivity index (χ1) is 11.1. The molecule has 23 heavy (non-hydrogen) atoms. The average molecular weight is 350 g/mol. The van der Waals surface area contributed by atoms with Gasteiger partial charge in [-0.25, -0.2) is 9.78 Å². The Kier molecular flexibility index (Phi) is 6.61. The van der Waals surface area contributed by atoms with E-state index in [0.717, 1.165) is 16.3 Å². The molecule has 0 aliphatic carbocycles. The maximum Gasteiger partial charge on any atom is 0.338 e. The summed E-state index contributed by atoms with van der Waals surface area (Å²) in [4.78, 5) is 28.8. The lowest BCUT2D eigenvalue weighted by Crippen LogP contribution is -2.35. The van der Waals surface area contributed by atoms with Crippen LogP contribution in [0.5, 0.6) is 0 Å². The third-order valence-electron chi connectivity index (χ3n) is 2.96. The van der Waals surface area contributed by atoms with Crippen molar-refractivity contribution in [1.82, 2.24) is 10.3 Å². The summed E-state index contributed by atoms with van der Waals surface area (Å²) >= 11 is 3.23. The van der Waals surface area contributed by atoms with Crippen LogP contribution in [0.1, 0.15) is 29.9 Å². The lowest BCUT2D eigenvalue weighted by molar-refractivity contribution is -0.128. The van der Waals surface area contributed by atoms with Crippen LogP contribution in [0.25, 0.3) is 0 Å². The van der Waals surface area contributed by atoms with E-state index in [2.05, 4.69) is 10.3 Å². The molecule has 1 amide bonds. The molecular weight excluding hydrogens is 332 g/mol. The first kappa shape index (κ1) is 17.5. The number of rotatable bonds is 7. The standard InChI is InChI=1S/C16H18N2O3S2/c1-3-17-15(19)11(2)21-16(20)12-4-6-14(7-5-12)23-9-13-8-22-10-18-13/h4-8,10-11H,3,9H2,1-2H3,(H,17,19). The van der Waals surface area contributed by atoms with Gasteiger partial charge in [0.25, 0.3) is 5.91 Å². The van der Waals surface area contributed by atoms with Crippen molar-refractivity contribution in [3.8, 4) is 0 Å². The molecule has 0 fully saturated rings. The Balaban J connectivity index is 1.88. The quantitative estimate of drug-likeness (QED) is 0.614. The number of carbonyl (C=O) groups is 2. The molecule has 5 nitrogen and oxygen atoms in total. The zero-order valence-corrected chi connectivity index (χ0v) is 14.6. The smallest absolute Gasteiger partial charge is 0.338 e. The number of ether oxygens (including phenoxy) is 1. The van der Waals surface area contributed by atoms with Crippen LogP contribution in [-0.4, -0.2) is 29.5 Å². The van der Waals surface area contributed by atoms with Crippen LogP contribution in [-0.2, 0) is 15.3 Å². The second kappa shape index (κ2) is 8.69. The Morgan fingerprint density at radius 2 is 2.09 bits per heavy atom. The van der Waals surface area contributed by atoms with E-state index in [1.807, 2.05) is 29.9 Å². The number of hydrogen-bond donors (Lipinski definition) is 1. The molecule has 1 N–H and O–H groups in total. The highest BCUT2D eigenvalue weighted by molar-refractivity contribution is 7.98. The van der Waals surface area contributed by atoms with Crippen LogP contribution in [0.15, 0.2) is 40.1 Å². The van der Waals surface area contributed by atoms with Crippen molar-refractivity contribution in [3.05, 3.63) is 46.4 Å². The van der Waals surface area contributed by atoms with E-state index in [9.17, 15) is 9.59 Å². The summed E-state index contributed by atoms with van der Waals surface area (Å²) in [7, 11) is 0. The summed E-state index contributed by atoms with van der Waals surface area (Å²) in [5.74, 6) is -0.00211. The van der Waals surface area contributed by atoms with Gasteiger partial charge in [-0.3, -0.25) is 4.79 Å². The van der Waals surface area contributed by atoms with Gasteiger partial charge in [-0.15, -0.1) is 23.1 Å². The van der Waals surface area contributed by atoms with E-state index < -0.39 is 12.1 Å². The van der Waals surface area contributed by atoms with E-state index in [1.165, 1.54) is 0 Å². The van der Waals surface area contributed by atoms with Gasteiger partial charge in [0.1, 0.15) is 0 Å². The van der Waals surface area contributed by atoms with Crippen molar-refractivity contribution >= 4 is 35.0 Å². The van der Waals surface area contributed by atoms with Crippen LogP contribution in [0, 0.1) is 0 Å². The maximum atomic E-state index is 12.0. The Labute approximate surface area is 143 Å². The molecule has 0 aliphatic heterocycles. The molecule has 0 radical (unpaired) electrons. The molecule has 1 aromatic carbocycles. The minimum atomic E-state index is -0.804. The largest absolute Gasteiger partial charge is 0.449 e. The van der Waals surface area contributed by atoms with Gasteiger partial charge in [-0.05, 0) is 38.1 Å². The highest BCUT2D eigenvalue weighted by atomic mass is 32.2. The predicted molar refractivity (Wildman–Crippen MR) is 91.7 cm³/mol. The number of thioether (sulfide) groups is 1. The fourth-order valence-corrected chi connectivity index (χ4v) is 3.22. The molecule has 0 saturated carbocycles. The number of esters is 1. The fraction of sp³-hybridized carbons (Fsp3) is 0.312. The van der Waals surface area contributed by atoms with Crippen LogP contribution in [0.3, 0.4) is 0 Å². The van der Waals surface area contributed by atoms with E-state index >= 15 is 0 Å². The Morgan fingerprint density at radius 3 is 2.70 bits per heavy atom. The maximum absolute atomic E-state index is 12.0. The van der Waals surface area contributed by atoms with Crippen molar-refractivity contribution < 1.29 is 14.3 Å². The summed E-state index contributed by atoms with van der Waals surface area (Å²) in [6.45, 7) is 3.88. The molecule has 1 aromatic heterocycles. The van der Waals surface area contributed by atoms with Crippen LogP contribution in [0.2, 0.25) is 0 Å². The zero-order chi connectivity index (χ0) is 16.7. The van der Waals surface area contributed by atoms with E-state index in [0.29, 0.717) is 12.1 Å². The summed E-state index contributed by atoms with van der Waals surface area (Å²) < 4.78 is 5.14. The third kappa shape index (κ3) is 5.37. The Morgan fingerprint density at radius 1 is 1.35 bits per heavy atom. The number of nitrogens with zero attached hydrogens (tertiary/aromatic N) is 1. The molecule has 0 aliphatic rings. The fourth-order valence-electron chi connectivity index (χ4n) is 1.75. The SMILES string of the molecule is CCNC(=O)C(C)OC(=O)c1ccc(SCc2cscn2)cc1. The van der Waals surface area contributed by atoms with Crippen LogP contribution < -0.4 is 5.32 Å². The average Bonchev–Trinajstić information content (AvgIpc) is 3.07. The van der Waals surface area contributed by atoms with Gasteiger partial charge in [0.05, 0.1) is 16.8 Å². The van der Waals surface area contributed by atoms with Crippen LogP contribution >= 0.6 is 23.1 Å². The van der Waals surface area contributed by atoms with Gasteiger partial charge >= 0.3 is 5.97 Å². The third-order valence-corrected chi connectivity index (χ3v) is 4.65. The molecule has 7 heteroatoms. The van der Waals surface area contributed by atoms with Crippen molar-refractivity contribution in [2.75, 3.05) is 6.54 Å². The lowest BCUT2D eigenvalue weighted by Gasteiger charge is -2.12. The number of aromatic nitrogens is 1. The molecule has 1 heterocycles. The van der Waals surface area contributed by atoms with Crippen molar-refractivity contribution in [1.29, 1.82) is 0 Å². The van der Waals surface area contributed by atoms with Gasteiger partial charge in [-0.2, -0.15) is 0 Å². The normalized spacial score (nSPS) is 11.7. The number of thiazole rings is 1. The van der Waals surface area contributed by atoms with E-state index in [1.54, 1.807) is 42.2 Å². The minimum Gasteiger partial charge on any atom is -0.449 e. The lowest BCUT2D eigenvalue weighted by atomic mass is 10.2. The second-order valence-corrected chi connectivity index (χ2v) is 6.50. The Hall–Kier alpha value is -1.86. The predicted octanol–water partition coefficient (Wildman–Crippen LogP) is 3.12. The number of amides is 1. The molecule has 0 spiro atoms. The molecule has 0 bridgehead atoms. The molecule has 122 valence electrons. The summed E-state index contributed by atoms with van der Waals surface area (Å²) in [5, 5.41) is 4.63. The number of benzene rings is 1. The van der Waals surface area contributed by atoms with Gasteiger partial charge in [0.2, 0.25) is 0 Å². The van der Waals surface area contributed by atoms with Gasteiger partial charge in [-0.1, -0.05) is 0 Å². The molecule has 2 aromatic rings. The first-order valence-corrected chi connectivity index (χ1v) is 9.11. The summed E-state index contributed by atoms with van der Waals surface area (Å²) in [6, 6.07) is 7.14. The van der Waals surface area contributed by atoms with Crippen molar-refractivity contribution in [2.45, 2.75) is 30.6 Å². The summed E-state index contributed by atoms with van der Waals surface area (Å²) in [6.07, 6.45) is -0.804. The van der Waals surface area contributed by atoms with E-state index in [-0.39, 0.29) is 5.91 Å². The zero-order valence-electron chi connectivity index (χ0n) is 12.9. The molecule has 1 atom stereocenters. The number of nitrogens with one attached hydrogen (secondary N) is 1. The highest BCUT2D eigenvalue weighted by Crippen LogP contribution is 2.23. The minimum absolute atomic E-state index is 0.295. The van der Waals surface area contributed by atoms with Crippen molar-refractivity contribution in [3.63, 3.8) is 0 Å². The van der Waals surface area contributed by atoms with Gasteiger partial charge in [0.15, 0.2) is 6.10 Å². The van der Waals surface area contributed by atoms with Crippen molar-refractivity contribution in [2.24, 2.45) is 0 Å².